The van der Waals surface area contributed by atoms with Crippen molar-refractivity contribution < 1.29 is 9.47 Å². The molecule has 0 bridgehead atoms. The molecule has 0 atom stereocenters. The van der Waals surface area contributed by atoms with Crippen LogP contribution in [0.2, 0.25) is 0 Å². The predicted molar refractivity (Wildman–Crippen MR) is 117 cm³/mol. The van der Waals surface area contributed by atoms with Crippen LogP contribution in [0.25, 0.3) is 0 Å². The van der Waals surface area contributed by atoms with E-state index in [4.69, 9.17) is 14.6 Å². The molecule has 3 aromatic rings. The van der Waals surface area contributed by atoms with Crippen molar-refractivity contribution in [2.45, 2.75) is 0 Å². The second-order valence-corrected chi connectivity index (χ2v) is 7.16. The number of benzene rings is 2. The number of piperazine rings is 1. The molecular formula is C23H27N5O2. The molecule has 2 aromatic carbocycles. The number of aromatic nitrogens is 2. The van der Waals surface area contributed by atoms with Crippen LogP contribution in [0.5, 0.6) is 11.5 Å². The quantitative estimate of drug-likeness (QED) is 0.344. The zero-order valence-corrected chi connectivity index (χ0v) is 17.2. The minimum atomic E-state index is 0.442. The molecule has 0 spiro atoms. The molecule has 156 valence electrons. The monoisotopic (exact) mass is 405 g/mol. The first-order chi connectivity index (χ1) is 14.8. The van der Waals surface area contributed by atoms with Gasteiger partial charge in [-0.3, -0.25) is 9.58 Å². The Bertz CT molecular complexity index is 935. The summed E-state index contributed by atoms with van der Waals surface area (Å²) in [5.41, 5.74) is 0.925. The molecule has 1 fully saturated rings. The molecule has 1 saturated heterocycles. The SMILES string of the molecule is CN1CCN(/N=C(\c2ccccc2OCCOc2ccccc2)n2ccnc2)CC1. The molecule has 1 aliphatic rings. The lowest BCUT2D eigenvalue weighted by Gasteiger charge is -2.31. The van der Waals surface area contributed by atoms with Crippen LogP contribution in [-0.2, 0) is 0 Å². The van der Waals surface area contributed by atoms with Gasteiger partial charge in [0, 0.05) is 38.6 Å². The van der Waals surface area contributed by atoms with E-state index in [1.165, 1.54) is 0 Å². The minimum absolute atomic E-state index is 0.442. The number of imidazole rings is 1. The first kappa shape index (κ1) is 20.0. The second kappa shape index (κ2) is 9.93. The third-order valence-electron chi connectivity index (χ3n) is 4.95. The van der Waals surface area contributed by atoms with Crippen molar-refractivity contribution in [3.8, 4) is 11.5 Å². The second-order valence-electron chi connectivity index (χ2n) is 7.16. The van der Waals surface area contributed by atoms with Crippen LogP contribution < -0.4 is 9.47 Å². The summed E-state index contributed by atoms with van der Waals surface area (Å²) in [5, 5.41) is 7.07. The molecule has 7 nitrogen and oxygen atoms in total. The minimum Gasteiger partial charge on any atom is -0.490 e. The molecular weight excluding hydrogens is 378 g/mol. The van der Waals surface area contributed by atoms with E-state index >= 15 is 0 Å². The average Bonchev–Trinajstić information content (AvgIpc) is 3.32. The van der Waals surface area contributed by atoms with Crippen LogP contribution in [0, 0.1) is 0 Å². The largest absolute Gasteiger partial charge is 0.490 e. The first-order valence-electron chi connectivity index (χ1n) is 10.2. The number of nitrogens with zero attached hydrogens (tertiary/aromatic N) is 5. The molecule has 0 unspecified atom stereocenters. The van der Waals surface area contributed by atoms with Gasteiger partial charge in [-0.1, -0.05) is 30.3 Å². The lowest BCUT2D eigenvalue weighted by Crippen LogP contribution is -2.42. The summed E-state index contributed by atoms with van der Waals surface area (Å²) in [6.45, 7) is 4.68. The summed E-state index contributed by atoms with van der Waals surface area (Å²) >= 11 is 0. The van der Waals surface area contributed by atoms with E-state index in [2.05, 4.69) is 21.9 Å². The summed E-state index contributed by atoms with van der Waals surface area (Å²) in [6, 6.07) is 17.7. The van der Waals surface area contributed by atoms with Crippen LogP contribution >= 0.6 is 0 Å². The van der Waals surface area contributed by atoms with Crippen molar-refractivity contribution in [3.63, 3.8) is 0 Å². The van der Waals surface area contributed by atoms with Gasteiger partial charge in [0.25, 0.3) is 0 Å². The van der Waals surface area contributed by atoms with Gasteiger partial charge < -0.3 is 14.4 Å². The maximum Gasteiger partial charge on any atom is 0.169 e. The smallest absolute Gasteiger partial charge is 0.169 e. The van der Waals surface area contributed by atoms with E-state index in [-0.39, 0.29) is 0 Å². The molecule has 0 aliphatic carbocycles. The number of hydrazone groups is 1. The van der Waals surface area contributed by atoms with E-state index in [1.807, 2.05) is 65.4 Å². The zero-order chi connectivity index (χ0) is 20.6. The Labute approximate surface area is 177 Å². The van der Waals surface area contributed by atoms with Gasteiger partial charge in [0.1, 0.15) is 31.0 Å². The standard InChI is InChI=1S/C23H27N5O2/c1-26-13-15-28(16-14-26)25-23(27-12-11-24-19-27)21-9-5-6-10-22(21)30-18-17-29-20-7-3-2-4-8-20/h2-12,19H,13-18H2,1H3/b25-23+. The maximum atomic E-state index is 6.08. The highest BCUT2D eigenvalue weighted by atomic mass is 16.5. The fourth-order valence-corrected chi connectivity index (χ4v) is 3.26. The number of para-hydroxylation sites is 2. The Balaban J connectivity index is 1.50. The topological polar surface area (TPSA) is 55.1 Å². The Hall–Kier alpha value is -3.32. The Kier molecular flexibility index (Phi) is 6.61. The van der Waals surface area contributed by atoms with E-state index in [0.29, 0.717) is 13.2 Å². The number of hydrogen-bond acceptors (Lipinski definition) is 6. The summed E-state index contributed by atoms with van der Waals surface area (Å²) in [5.74, 6) is 2.41. The number of likely N-dealkylation sites (N-methyl/N-ethyl adjacent to an activating group) is 1. The molecule has 7 heteroatoms. The molecule has 0 N–H and O–H groups in total. The third-order valence-corrected chi connectivity index (χ3v) is 4.95. The van der Waals surface area contributed by atoms with Crippen LogP contribution in [0.3, 0.4) is 0 Å². The van der Waals surface area contributed by atoms with E-state index < -0.39 is 0 Å². The van der Waals surface area contributed by atoms with Crippen molar-refractivity contribution in [3.05, 3.63) is 78.9 Å². The van der Waals surface area contributed by atoms with Gasteiger partial charge in [-0.25, -0.2) is 4.98 Å². The molecule has 1 aliphatic heterocycles. The Morgan fingerprint density at radius 2 is 1.67 bits per heavy atom. The van der Waals surface area contributed by atoms with Crippen LogP contribution in [0.1, 0.15) is 5.56 Å². The Morgan fingerprint density at radius 1 is 0.933 bits per heavy atom. The molecule has 1 aromatic heterocycles. The zero-order valence-electron chi connectivity index (χ0n) is 17.2. The van der Waals surface area contributed by atoms with Gasteiger partial charge in [-0.2, -0.15) is 5.10 Å². The molecule has 0 radical (unpaired) electrons. The van der Waals surface area contributed by atoms with Gasteiger partial charge in [0.05, 0.1) is 5.56 Å². The first-order valence-corrected chi connectivity index (χ1v) is 10.2. The normalized spacial score (nSPS) is 15.2. The summed E-state index contributed by atoms with van der Waals surface area (Å²) in [7, 11) is 2.14. The highest BCUT2D eigenvalue weighted by Crippen LogP contribution is 2.21. The summed E-state index contributed by atoms with van der Waals surface area (Å²) in [4.78, 5) is 6.52. The molecule has 30 heavy (non-hydrogen) atoms. The van der Waals surface area contributed by atoms with E-state index in [1.54, 1.807) is 12.5 Å². The van der Waals surface area contributed by atoms with E-state index in [9.17, 15) is 0 Å². The van der Waals surface area contributed by atoms with Crippen LogP contribution in [0.4, 0.5) is 0 Å². The van der Waals surface area contributed by atoms with Gasteiger partial charge in [0.2, 0.25) is 0 Å². The van der Waals surface area contributed by atoms with Crippen molar-refractivity contribution in [1.29, 1.82) is 0 Å². The van der Waals surface area contributed by atoms with E-state index in [0.717, 1.165) is 49.1 Å². The summed E-state index contributed by atoms with van der Waals surface area (Å²) in [6.07, 6.45) is 5.44. The van der Waals surface area contributed by atoms with Gasteiger partial charge in [0.15, 0.2) is 5.84 Å². The predicted octanol–water partition coefficient (Wildman–Crippen LogP) is 2.80. The average molecular weight is 406 g/mol. The highest BCUT2D eigenvalue weighted by Gasteiger charge is 2.17. The molecule has 0 saturated carbocycles. The van der Waals surface area contributed by atoms with Crippen LogP contribution in [-0.4, -0.2) is 71.7 Å². The van der Waals surface area contributed by atoms with Gasteiger partial charge >= 0.3 is 0 Å². The fraction of sp³-hybridized carbons (Fsp3) is 0.304. The van der Waals surface area contributed by atoms with Crippen molar-refractivity contribution in [2.24, 2.45) is 5.10 Å². The highest BCUT2D eigenvalue weighted by molar-refractivity contribution is 6.02. The number of ether oxygens (including phenoxy) is 2. The maximum absolute atomic E-state index is 6.08. The van der Waals surface area contributed by atoms with Crippen molar-refractivity contribution in [1.82, 2.24) is 19.5 Å². The lowest BCUT2D eigenvalue weighted by atomic mass is 10.2. The molecule has 2 heterocycles. The third kappa shape index (κ3) is 5.18. The fourth-order valence-electron chi connectivity index (χ4n) is 3.26. The van der Waals surface area contributed by atoms with Gasteiger partial charge in [-0.05, 0) is 31.3 Å². The van der Waals surface area contributed by atoms with Crippen molar-refractivity contribution >= 4 is 5.84 Å². The van der Waals surface area contributed by atoms with Gasteiger partial charge in [-0.15, -0.1) is 0 Å². The molecule has 4 rings (SSSR count). The van der Waals surface area contributed by atoms with Crippen molar-refractivity contribution in [2.75, 3.05) is 46.4 Å². The Morgan fingerprint density at radius 3 is 2.43 bits per heavy atom. The van der Waals surface area contributed by atoms with Crippen LogP contribution in [0.15, 0.2) is 78.4 Å². The number of rotatable bonds is 7. The molecule has 0 amide bonds. The summed E-state index contributed by atoms with van der Waals surface area (Å²) < 4.78 is 13.8. The number of hydrogen-bond donors (Lipinski definition) is 0. The lowest BCUT2D eigenvalue weighted by molar-refractivity contribution is 0.158.